The zero-order valence-corrected chi connectivity index (χ0v) is 76.0. The molecule has 4 aliphatic heterocycles. The Morgan fingerprint density at radius 2 is 0.811 bits per heavy atom. The Balaban J connectivity index is 0.000000131. The molecule has 0 aliphatic carbocycles. The summed E-state index contributed by atoms with van der Waals surface area (Å²) >= 11 is 0. The zero-order chi connectivity index (χ0) is 101. The second-order valence-corrected chi connectivity index (χ2v) is 33.8. The van der Waals surface area contributed by atoms with Gasteiger partial charge in [0, 0.05) is 111 Å². The van der Waals surface area contributed by atoms with Crippen LogP contribution < -0.4 is 69.4 Å². The molecular formula is C92H77F11N30O9S. The lowest BCUT2D eigenvalue weighted by molar-refractivity contribution is -0.154. The molecule has 0 unspecified atom stereocenters. The van der Waals surface area contributed by atoms with Crippen molar-refractivity contribution in [2.75, 3.05) is 102 Å². The highest BCUT2D eigenvalue weighted by molar-refractivity contribution is 7.90. The molecule has 732 valence electrons. The number of sulfone groups is 1. The predicted octanol–water partition coefficient (Wildman–Crippen LogP) is 17.6. The summed E-state index contributed by atoms with van der Waals surface area (Å²) in [6.07, 6.45) is -3.11. The summed E-state index contributed by atoms with van der Waals surface area (Å²) in [7, 11) is 1.41. The molecule has 6 N–H and O–H groups in total. The monoisotopic (exact) mass is 1990 g/mol. The minimum Gasteiger partial charge on any atom is -0.497 e. The Morgan fingerprint density at radius 3 is 1.19 bits per heavy atom. The number of carbonyl (C=O) groups excluding carboxylic acids is 4. The molecule has 0 radical (unpaired) electrons. The number of carbonyl (C=O) groups is 4. The van der Waals surface area contributed by atoms with Gasteiger partial charge in [-0.3, -0.25) is 34.5 Å². The summed E-state index contributed by atoms with van der Waals surface area (Å²) in [6.45, 7) is -2.29. The number of fused-ring (bicyclic) bond motifs is 5. The maximum atomic E-state index is 13.9. The second-order valence-electron chi connectivity index (χ2n) is 31.8. The predicted molar refractivity (Wildman–Crippen MR) is 501 cm³/mol. The number of alkyl halides is 11. The fourth-order valence-electron chi connectivity index (χ4n) is 15.1. The number of aromatic amines is 3. The van der Waals surface area contributed by atoms with E-state index in [1.54, 1.807) is 160 Å². The van der Waals surface area contributed by atoms with E-state index in [4.69, 9.17) is 14.2 Å². The number of urea groups is 4. The standard InChI is InChI=1S/C24H18F3N9O2.C23H19F3N8O.C23H20F2N8O2.C22H20F3N5O4S/c1-34-10-15-8-18(6-7-19(15)33-34)35-11-16-9-28-22(38-12-24(25,26)27)31-21(16)36(23(35)37)17-4-2-14(3-5-17)20-29-13-30-32-20;1-14-2-6-17(7-3-14)33-12-16-10-27-21(28-13-23(24,25)26)30-20(16)34(22(33)35)18-8-4-15(5-9-18)19-11-29-32-31-19;1-35-18-8-6-16(7-9-18)32-12-15-10-26-22(27-11-19(24)25)30-21(15)33(23(32)34)17-4-2-14(3-5-17)20-28-13-29-31-20;1-34-17-7-3-15(4-8-17)29-12-14-11-26-20(27-13-22(23,24)25)28-19(14)30(21(29)31)16-5-9-18(10-6-16)35(2,32)33/h2-10,13H,11-12H2,1H3,(H,29,30,32);2-11H,12-13H2,1H3,(H,27,28,30)(H,29,31,32);2-10,13,19H,11-12H2,1H3,(H,26,27,30)(H,28,29,31);3-11H,12-13H2,1-2H3,(H,26,27,28). The molecular weight excluding hydrogens is 1910 g/mol. The van der Waals surface area contributed by atoms with Crippen molar-refractivity contribution in [3.8, 4) is 51.5 Å². The Labute approximate surface area is 802 Å². The Hall–Kier alpha value is -18.0. The number of aryl methyl sites for hydroxylation is 2. The van der Waals surface area contributed by atoms with E-state index in [1.807, 2.05) is 56.6 Å². The summed E-state index contributed by atoms with van der Waals surface area (Å²) in [4.78, 5) is 108. The van der Waals surface area contributed by atoms with Gasteiger partial charge in [-0.15, -0.1) is 0 Å². The lowest BCUT2D eigenvalue weighted by Crippen LogP contribution is -2.45. The molecule has 12 heterocycles. The van der Waals surface area contributed by atoms with E-state index in [0.29, 0.717) is 96.7 Å². The van der Waals surface area contributed by atoms with E-state index in [-0.39, 0.29) is 78.1 Å². The number of benzene rings is 8. The average Bonchev–Trinajstić information content (AvgIpc) is 1.19. The number of nitrogens with one attached hydrogen (secondary N) is 6. The number of anilines is 15. The minimum absolute atomic E-state index is 0.0121. The summed E-state index contributed by atoms with van der Waals surface area (Å²) in [6, 6.07) is 51.0. The van der Waals surface area contributed by atoms with E-state index in [9.17, 15) is 75.9 Å². The second kappa shape index (κ2) is 40.6. The van der Waals surface area contributed by atoms with E-state index >= 15 is 0 Å². The Kier molecular flexibility index (Phi) is 27.5. The van der Waals surface area contributed by atoms with Gasteiger partial charge in [0.2, 0.25) is 17.8 Å². The van der Waals surface area contributed by atoms with Crippen molar-refractivity contribution >= 4 is 131 Å². The number of halogens is 11. The van der Waals surface area contributed by atoms with Crippen LogP contribution in [-0.2, 0) is 43.1 Å². The van der Waals surface area contributed by atoms with Gasteiger partial charge < -0.3 is 30.2 Å². The van der Waals surface area contributed by atoms with Crippen LogP contribution in [0.3, 0.4) is 0 Å². The number of ether oxygens (including phenoxy) is 3. The molecule has 0 bridgehead atoms. The third kappa shape index (κ3) is 22.4. The van der Waals surface area contributed by atoms with Crippen LogP contribution in [0.1, 0.15) is 27.8 Å². The van der Waals surface area contributed by atoms with Crippen molar-refractivity contribution in [1.82, 2.24) is 95.4 Å². The first-order valence-corrected chi connectivity index (χ1v) is 44.6. The molecule has 0 atom stereocenters. The smallest absolute Gasteiger partial charge is 0.422 e. The molecule has 8 aromatic carbocycles. The van der Waals surface area contributed by atoms with Gasteiger partial charge in [0.25, 0.3) is 6.43 Å². The molecule has 39 nitrogen and oxygen atoms in total. The van der Waals surface area contributed by atoms with Crippen LogP contribution in [0.4, 0.5) is 154 Å². The highest BCUT2D eigenvalue weighted by atomic mass is 32.2. The van der Waals surface area contributed by atoms with Gasteiger partial charge in [0.15, 0.2) is 51.4 Å². The fourth-order valence-corrected chi connectivity index (χ4v) is 15.7. The molecule has 20 rings (SSSR count). The minimum atomic E-state index is -4.56. The maximum Gasteiger partial charge on any atom is 0.422 e. The number of H-pyrrole nitrogens is 3. The number of rotatable bonds is 23. The summed E-state index contributed by atoms with van der Waals surface area (Å²) in [5.74, 6) is 2.63. The highest BCUT2D eigenvalue weighted by Crippen LogP contribution is 2.44. The van der Waals surface area contributed by atoms with Gasteiger partial charge in [-0.25, -0.2) is 85.9 Å². The van der Waals surface area contributed by atoms with Crippen molar-refractivity contribution in [2.24, 2.45) is 7.05 Å². The highest BCUT2D eigenvalue weighted by Gasteiger charge is 2.42. The zero-order valence-electron chi connectivity index (χ0n) is 75.2. The number of nitrogens with zero attached hydrogens (tertiary/aromatic N) is 24. The maximum absolute atomic E-state index is 13.9. The van der Waals surface area contributed by atoms with E-state index < -0.39 is 85.1 Å². The number of hydrogen-bond acceptors (Lipinski definition) is 27. The van der Waals surface area contributed by atoms with Gasteiger partial charge >= 0.3 is 48.7 Å². The number of hydrogen-bond donors (Lipinski definition) is 6. The van der Waals surface area contributed by atoms with E-state index in [1.165, 1.54) is 93.3 Å². The van der Waals surface area contributed by atoms with Crippen molar-refractivity contribution in [2.45, 2.75) is 63.0 Å². The first-order valence-electron chi connectivity index (χ1n) is 42.7. The largest absolute Gasteiger partial charge is 0.497 e. The van der Waals surface area contributed by atoms with Gasteiger partial charge in [-0.1, -0.05) is 29.8 Å². The third-order valence-electron chi connectivity index (χ3n) is 21.9. The van der Waals surface area contributed by atoms with Crippen LogP contribution in [0.15, 0.2) is 243 Å². The van der Waals surface area contributed by atoms with Crippen LogP contribution in [0, 0.1) is 6.92 Å². The summed E-state index contributed by atoms with van der Waals surface area (Å²) in [5.41, 5.74) is 11.2. The molecule has 8 aromatic heterocycles. The topological polar surface area (TPSA) is 438 Å². The van der Waals surface area contributed by atoms with Crippen LogP contribution >= 0.6 is 0 Å². The van der Waals surface area contributed by atoms with Crippen molar-refractivity contribution in [3.05, 3.63) is 266 Å². The van der Waals surface area contributed by atoms with Gasteiger partial charge in [-0.05, 0) is 171 Å². The first-order chi connectivity index (χ1) is 68.5. The normalized spacial score (nSPS) is 13.7. The third-order valence-corrected chi connectivity index (χ3v) is 23.0. The van der Waals surface area contributed by atoms with Crippen LogP contribution in [0.5, 0.6) is 17.5 Å². The SMILES string of the molecule is COc1ccc(N2Cc3cnc(NCC(F)(F)F)nc3N(c3ccc(S(C)(=O)=O)cc3)C2=O)cc1.COc1ccc(N2Cc3cnc(NCC(F)F)nc3N(c3ccc(-c4ncn[nH]4)cc3)C2=O)cc1.Cc1ccc(N2Cc3cnc(NCC(F)(F)F)nc3N(c3ccc(-c4cn[nH]n4)cc3)C2=O)cc1.Cn1cc2cc(N3Cc4cnc(OCC(F)(F)F)nc4N(c4ccc(-c5ncn[nH]5)cc4)C3=O)ccc2n1. The lowest BCUT2D eigenvalue weighted by Gasteiger charge is -2.36. The molecule has 0 spiro atoms. The lowest BCUT2D eigenvalue weighted by atomic mass is 10.1. The molecule has 51 heteroatoms. The van der Waals surface area contributed by atoms with Gasteiger partial charge in [0.05, 0.1) is 86.3 Å². The number of methoxy groups -OCH3 is 2. The molecule has 0 saturated heterocycles. The van der Waals surface area contributed by atoms with Crippen molar-refractivity contribution in [3.63, 3.8) is 0 Å². The fraction of sp³-hybridized carbons (Fsp3) is 0.185. The van der Waals surface area contributed by atoms with Crippen LogP contribution in [0.2, 0.25) is 0 Å². The van der Waals surface area contributed by atoms with Crippen LogP contribution in [0.25, 0.3) is 44.9 Å². The molecule has 143 heavy (non-hydrogen) atoms. The van der Waals surface area contributed by atoms with E-state index in [2.05, 4.69) is 107 Å². The number of aromatic nitrogens is 19. The van der Waals surface area contributed by atoms with E-state index in [0.717, 1.165) is 39.4 Å². The molecule has 4 aliphatic rings. The van der Waals surface area contributed by atoms with Crippen LogP contribution in [-0.4, -0.2) is 200 Å². The average molecular weight is 1990 g/mol. The molecule has 8 amide bonds. The van der Waals surface area contributed by atoms with Crippen molar-refractivity contribution in [1.29, 1.82) is 0 Å². The molecule has 16 aromatic rings. The first kappa shape index (κ1) is 96.7. The quantitative estimate of drug-likeness (QED) is 0.0324. The van der Waals surface area contributed by atoms with Gasteiger partial charge in [-0.2, -0.15) is 90.2 Å². The Morgan fingerprint density at radius 1 is 0.434 bits per heavy atom. The number of amides is 8. The van der Waals surface area contributed by atoms with Crippen molar-refractivity contribution < 1.29 is 90.1 Å². The summed E-state index contributed by atoms with van der Waals surface area (Å²) in [5, 5.41) is 35.7. The Bertz CT molecular complexity index is 7380. The summed E-state index contributed by atoms with van der Waals surface area (Å²) < 4.78 is 180. The molecule has 0 fully saturated rings. The van der Waals surface area contributed by atoms with Gasteiger partial charge in [0.1, 0.15) is 42.9 Å². The molecule has 0 saturated carbocycles.